The van der Waals surface area contributed by atoms with Crippen LogP contribution in [-0.2, 0) is 6.54 Å². The molecule has 35 heavy (non-hydrogen) atoms. The zero-order chi connectivity index (χ0) is 24.4. The molecule has 5 rings (SSSR count). The highest BCUT2D eigenvalue weighted by atomic mass is 16.5. The molecule has 0 atom stereocenters. The van der Waals surface area contributed by atoms with Crippen LogP contribution in [0.2, 0.25) is 0 Å². The minimum atomic E-state index is -0.476. The number of rotatable bonds is 6. The van der Waals surface area contributed by atoms with Crippen molar-refractivity contribution < 1.29 is 19.2 Å². The van der Waals surface area contributed by atoms with Crippen molar-refractivity contribution in [1.29, 1.82) is 0 Å². The lowest BCUT2D eigenvalue weighted by atomic mass is 9.82. The molecule has 4 aromatic rings. The number of aromatic hydroxyl groups is 1. The Kier molecular flexibility index (Phi) is 6.05. The first-order chi connectivity index (χ1) is 17.0. The van der Waals surface area contributed by atoms with Crippen LogP contribution in [0.3, 0.4) is 0 Å². The van der Waals surface area contributed by atoms with Crippen LogP contribution >= 0.6 is 0 Å². The number of carbonyl (C=O) groups excluding carboxylic acids is 2. The zero-order valence-corrected chi connectivity index (χ0v) is 19.2. The predicted octanol–water partition coefficient (Wildman–Crippen LogP) is 4.83. The summed E-state index contributed by atoms with van der Waals surface area (Å²) in [4.78, 5) is 25.2. The second kappa shape index (κ2) is 9.46. The summed E-state index contributed by atoms with van der Waals surface area (Å²) in [6.45, 7) is 2.41. The number of nitrogens with zero attached hydrogens (tertiary/aromatic N) is 3. The summed E-state index contributed by atoms with van der Waals surface area (Å²) in [6.07, 6.45) is 4.48. The van der Waals surface area contributed by atoms with Gasteiger partial charge in [-0.15, -0.1) is 0 Å². The van der Waals surface area contributed by atoms with Crippen molar-refractivity contribution in [3.05, 3.63) is 83.4 Å². The van der Waals surface area contributed by atoms with Gasteiger partial charge < -0.3 is 20.3 Å². The number of carbonyl (C=O) groups is 2. The lowest BCUT2D eigenvalue weighted by molar-refractivity contribution is 0.0988. The first-order valence-corrected chi connectivity index (χ1v) is 11.5. The van der Waals surface area contributed by atoms with Gasteiger partial charge in [-0.25, -0.2) is 4.79 Å². The lowest BCUT2D eigenvalue weighted by Crippen LogP contribution is -2.31. The third kappa shape index (κ3) is 4.79. The Morgan fingerprint density at radius 3 is 2.57 bits per heavy atom. The molecule has 2 aromatic heterocycles. The van der Waals surface area contributed by atoms with Crippen molar-refractivity contribution in [2.24, 2.45) is 0 Å². The van der Waals surface area contributed by atoms with Crippen LogP contribution < -0.4 is 10.6 Å². The highest BCUT2D eigenvalue weighted by molar-refractivity contribution is 6.02. The monoisotopic (exact) mass is 471 g/mol. The minimum absolute atomic E-state index is 0.0640. The summed E-state index contributed by atoms with van der Waals surface area (Å²) in [5.41, 5.74) is 4.34. The van der Waals surface area contributed by atoms with Crippen LogP contribution in [-0.4, -0.2) is 32.0 Å². The Balaban J connectivity index is 1.36. The van der Waals surface area contributed by atoms with Gasteiger partial charge in [-0.3, -0.25) is 4.79 Å². The van der Waals surface area contributed by atoms with E-state index in [0.29, 0.717) is 23.5 Å². The van der Waals surface area contributed by atoms with Crippen LogP contribution in [0, 0.1) is 6.92 Å². The van der Waals surface area contributed by atoms with E-state index in [1.165, 1.54) is 23.0 Å². The molecule has 0 bridgehead atoms. The number of anilines is 1. The third-order valence-corrected chi connectivity index (χ3v) is 6.21. The summed E-state index contributed by atoms with van der Waals surface area (Å²) in [7, 11) is 0. The number of nitrogens with one attached hydrogen (secondary N) is 2. The standard InChI is InChI=1S/C26H25N5O4/c1-16-5-7-17(8-6-16)15-27-26(34)31-22(18-3-2-4-18)14-21(30-31)20-10-9-19(13-23(20)32)29-25(33)24-11-12-28-35-24/h5-14,18,32H,2-4,15H2,1H3,(H,27,34)(H,29,33). The summed E-state index contributed by atoms with van der Waals surface area (Å²) in [5.74, 6) is -0.222. The summed E-state index contributed by atoms with van der Waals surface area (Å²) in [5, 5.41) is 24.3. The molecule has 1 fully saturated rings. The molecular weight excluding hydrogens is 446 g/mol. The van der Waals surface area contributed by atoms with Gasteiger partial charge in [0, 0.05) is 35.8 Å². The summed E-state index contributed by atoms with van der Waals surface area (Å²) in [6, 6.07) is 15.7. The number of phenols is 1. The van der Waals surface area contributed by atoms with Crippen molar-refractivity contribution in [3.8, 4) is 17.0 Å². The van der Waals surface area contributed by atoms with Gasteiger partial charge in [-0.1, -0.05) is 41.4 Å². The van der Waals surface area contributed by atoms with Gasteiger partial charge >= 0.3 is 6.03 Å². The maximum absolute atomic E-state index is 13.0. The van der Waals surface area contributed by atoms with Crippen LogP contribution in [0.15, 0.2) is 65.3 Å². The summed E-state index contributed by atoms with van der Waals surface area (Å²) < 4.78 is 6.25. The zero-order valence-electron chi connectivity index (χ0n) is 19.2. The smallest absolute Gasteiger partial charge is 0.342 e. The van der Waals surface area contributed by atoms with Gasteiger partial charge in [-0.2, -0.15) is 9.78 Å². The maximum atomic E-state index is 13.0. The van der Waals surface area contributed by atoms with Crippen molar-refractivity contribution in [2.75, 3.05) is 5.32 Å². The molecule has 1 saturated carbocycles. The van der Waals surface area contributed by atoms with E-state index >= 15 is 0 Å². The fourth-order valence-electron chi connectivity index (χ4n) is 3.99. The van der Waals surface area contributed by atoms with Crippen LogP contribution in [0.5, 0.6) is 5.75 Å². The Morgan fingerprint density at radius 2 is 1.91 bits per heavy atom. The molecule has 178 valence electrons. The van der Waals surface area contributed by atoms with Gasteiger partial charge in [0.05, 0.1) is 17.6 Å². The number of hydrogen-bond donors (Lipinski definition) is 3. The Labute approximate surface area is 201 Å². The quantitative estimate of drug-likeness (QED) is 0.370. The van der Waals surface area contributed by atoms with Crippen molar-refractivity contribution >= 4 is 17.6 Å². The van der Waals surface area contributed by atoms with Crippen molar-refractivity contribution in [1.82, 2.24) is 20.3 Å². The number of aryl methyl sites for hydroxylation is 1. The topological polar surface area (TPSA) is 122 Å². The fraction of sp³-hybridized carbons (Fsp3) is 0.231. The largest absolute Gasteiger partial charge is 0.507 e. The molecule has 0 saturated heterocycles. The van der Waals surface area contributed by atoms with Gasteiger partial charge in [0.15, 0.2) is 0 Å². The molecule has 0 radical (unpaired) electrons. The Hall–Kier alpha value is -4.40. The van der Waals surface area contributed by atoms with Gasteiger partial charge in [0.1, 0.15) is 5.75 Å². The number of amides is 2. The Morgan fingerprint density at radius 1 is 1.11 bits per heavy atom. The van der Waals surface area contributed by atoms with E-state index in [2.05, 4.69) is 20.9 Å². The number of hydrogen-bond acceptors (Lipinski definition) is 6. The SMILES string of the molecule is Cc1ccc(CNC(=O)n2nc(-c3ccc(NC(=O)c4ccno4)cc3O)cc2C2CCC2)cc1. The molecule has 0 spiro atoms. The molecule has 9 nitrogen and oxygen atoms in total. The van der Waals surface area contributed by atoms with E-state index in [-0.39, 0.29) is 23.5 Å². The molecular formula is C26H25N5O4. The van der Waals surface area contributed by atoms with Crippen LogP contribution in [0.4, 0.5) is 10.5 Å². The van der Waals surface area contributed by atoms with E-state index in [1.54, 1.807) is 12.1 Å². The third-order valence-electron chi connectivity index (χ3n) is 6.21. The normalized spacial score (nSPS) is 13.3. The Bertz CT molecular complexity index is 1360. The molecule has 1 aliphatic carbocycles. The molecule has 2 amide bonds. The summed E-state index contributed by atoms with van der Waals surface area (Å²) >= 11 is 0. The molecule has 1 aliphatic rings. The van der Waals surface area contributed by atoms with Crippen molar-refractivity contribution in [3.63, 3.8) is 0 Å². The first-order valence-electron chi connectivity index (χ1n) is 11.5. The molecule has 3 N–H and O–H groups in total. The second-order valence-electron chi connectivity index (χ2n) is 8.70. The van der Waals surface area contributed by atoms with E-state index in [1.807, 2.05) is 37.3 Å². The lowest BCUT2D eigenvalue weighted by Gasteiger charge is -2.25. The molecule has 0 unspecified atom stereocenters. The fourth-order valence-corrected chi connectivity index (χ4v) is 3.99. The number of benzene rings is 2. The molecule has 0 aliphatic heterocycles. The van der Waals surface area contributed by atoms with E-state index in [0.717, 1.165) is 36.1 Å². The molecule has 2 heterocycles. The first kappa shape index (κ1) is 22.4. The van der Waals surface area contributed by atoms with Gasteiger partial charge in [0.2, 0.25) is 5.76 Å². The van der Waals surface area contributed by atoms with Crippen LogP contribution in [0.25, 0.3) is 11.3 Å². The highest BCUT2D eigenvalue weighted by Gasteiger charge is 2.27. The van der Waals surface area contributed by atoms with E-state index < -0.39 is 5.91 Å². The van der Waals surface area contributed by atoms with Gasteiger partial charge in [-0.05, 0) is 43.5 Å². The number of phenolic OH excluding ortho intramolecular Hbond substituents is 1. The predicted molar refractivity (Wildman–Crippen MR) is 129 cm³/mol. The average Bonchev–Trinajstić information content (AvgIpc) is 3.48. The maximum Gasteiger partial charge on any atom is 0.342 e. The average molecular weight is 472 g/mol. The van der Waals surface area contributed by atoms with Gasteiger partial charge in [0.25, 0.3) is 5.91 Å². The van der Waals surface area contributed by atoms with Crippen LogP contribution in [0.1, 0.15) is 52.6 Å². The number of aromatic nitrogens is 3. The minimum Gasteiger partial charge on any atom is -0.507 e. The van der Waals surface area contributed by atoms with Crippen molar-refractivity contribution in [2.45, 2.75) is 38.6 Å². The van der Waals surface area contributed by atoms with E-state index in [9.17, 15) is 14.7 Å². The highest BCUT2D eigenvalue weighted by Crippen LogP contribution is 2.39. The second-order valence-corrected chi connectivity index (χ2v) is 8.70. The molecule has 9 heteroatoms. The van der Waals surface area contributed by atoms with E-state index in [4.69, 9.17) is 4.52 Å². The molecule has 2 aromatic carbocycles.